The molecule has 0 saturated carbocycles. The van der Waals surface area contributed by atoms with Gasteiger partial charge in [0.1, 0.15) is 0 Å². The standard InChI is InChI=1S/C8H11ClN4O/c1-5(9)3-11-8(14)7-6(10)4-13(2)12-7/h4H,1,3,10H2,2H3,(H,11,14). The first kappa shape index (κ1) is 10.6. The molecule has 3 N–H and O–H groups in total. The number of rotatable bonds is 3. The number of amides is 1. The summed E-state index contributed by atoms with van der Waals surface area (Å²) in [5.74, 6) is -0.357. The van der Waals surface area contributed by atoms with Crippen molar-refractivity contribution in [2.75, 3.05) is 12.3 Å². The number of hydrogen-bond donors (Lipinski definition) is 2. The van der Waals surface area contributed by atoms with Crippen LogP contribution < -0.4 is 11.1 Å². The number of hydrogen-bond acceptors (Lipinski definition) is 3. The molecule has 1 heterocycles. The van der Waals surface area contributed by atoms with Crippen molar-refractivity contribution < 1.29 is 4.79 Å². The van der Waals surface area contributed by atoms with E-state index in [0.29, 0.717) is 10.7 Å². The van der Waals surface area contributed by atoms with E-state index in [1.807, 2.05) is 0 Å². The van der Waals surface area contributed by atoms with Crippen LogP contribution in [0.5, 0.6) is 0 Å². The summed E-state index contributed by atoms with van der Waals surface area (Å²) in [5, 5.41) is 6.78. The van der Waals surface area contributed by atoms with Gasteiger partial charge in [-0.15, -0.1) is 0 Å². The number of nitrogens with two attached hydrogens (primary N) is 1. The third-order valence-corrected chi connectivity index (χ3v) is 1.65. The Morgan fingerprint density at radius 1 is 1.86 bits per heavy atom. The molecule has 1 aromatic heterocycles. The molecule has 0 saturated heterocycles. The Hall–Kier alpha value is -1.49. The summed E-state index contributed by atoms with van der Waals surface area (Å²) in [7, 11) is 1.69. The zero-order valence-electron chi connectivity index (χ0n) is 7.75. The molecule has 14 heavy (non-hydrogen) atoms. The molecule has 0 radical (unpaired) electrons. The third kappa shape index (κ3) is 2.50. The minimum Gasteiger partial charge on any atom is -0.396 e. The molecule has 1 rings (SSSR count). The second kappa shape index (κ2) is 4.15. The second-order valence-corrected chi connectivity index (χ2v) is 3.34. The van der Waals surface area contributed by atoms with Gasteiger partial charge in [0.25, 0.3) is 5.91 Å². The van der Waals surface area contributed by atoms with E-state index in [9.17, 15) is 4.79 Å². The van der Waals surface area contributed by atoms with E-state index in [1.165, 1.54) is 4.68 Å². The molecule has 0 spiro atoms. The molecule has 0 aliphatic rings. The molecule has 0 fully saturated rings. The van der Waals surface area contributed by atoms with Gasteiger partial charge in [-0.1, -0.05) is 18.2 Å². The topological polar surface area (TPSA) is 72.9 Å². The van der Waals surface area contributed by atoms with Gasteiger partial charge in [0.05, 0.1) is 12.2 Å². The Morgan fingerprint density at radius 2 is 2.50 bits per heavy atom. The summed E-state index contributed by atoms with van der Waals surface area (Å²) in [6, 6.07) is 0. The first-order valence-electron chi connectivity index (χ1n) is 3.91. The van der Waals surface area contributed by atoms with Gasteiger partial charge >= 0.3 is 0 Å². The normalized spacial score (nSPS) is 9.86. The monoisotopic (exact) mass is 214 g/mol. The first-order chi connectivity index (χ1) is 6.50. The Morgan fingerprint density at radius 3 is 2.93 bits per heavy atom. The van der Waals surface area contributed by atoms with Gasteiger partial charge in [-0.2, -0.15) is 5.10 Å². The minimum atomic E-state index is -0.357. The van der Waals surface area contributed by atoms with E-state index in [2.05, 4.69) is 17.0 Å². The molecule has 6 heteroatoms. The van der Waals surface area contributed by atoms with E-state index in [-0.39, 0.29) is 18.1 Å². The van der Waals surface area contributed by atoms with Crippen LogP contribution in [-0.2, 0) is 7.05 Å². The van der Waals surface area contributed by atoms with Crippen molar-refractivity contribution in [3.05, 3.63) is 23.5 Å². The maximum atomic E-state index is 11.4. The number of nitrogens with zero attached hydrogens (tertiary/aromatic N) is 2. The molecule has 0 atom stereocenters. The largest absolute Gasteiger partial charge is 0.396 e. The van der Waals surface area contributed by atoms with Crippen LogP contribution in [0.25, 0.3) is 0 Å². The molecular weight excluding hydrogens is 204 g/mol. The highest BCUT2D eigenvalue weighted by Gasteiger charge is 2.12. The fourth-order valence-electron chi connectivity index (χ4n) is 0.943. The van der Waals surface area contributed by atoms with Crippen LogP contribution in [0.3, 0.4) is 0 Å². The Labute approximate surface area is 86.5 Å². The van der Waals surface area contributed by atoms with Gasteiger partial charge in [-0.3, -0.25) is 9.48 Å². The van der Waals surface area contributed by atoms with E-state index in [1.54, 1.807) is 13.2 Å². The molecule has 1 aromatic rings. The Balaban J connectivity index is 2.69. The average Bonchev–Trinajstić information content (AvgIpc) is 2.41. The fourth-order valence-corrected chi connectivity index (χ4v) is 1.01. The molecule has 5 nitrogen and oxygen atoms in total. The second-order valence-electron chi connectivity index (χ2n) is 2.81. The summed E-state index contributed by atoms with van der Waals surface area (Å²) in [4.78, 5) is 11.4. The number of nitrogens with one attached hydrogen (secondary N) is 1. The zero-order valence-corrected chi connectivity index (χ0v) is 8.51. The van der Waals surface area contributed by atoms with E-state index in [0.717, 1.165) is 0 Å². The average molecular weight is 215 g/mol. The Bertz CT molecular complexity index is 371. The lowest BCUT2D eigenvalue weighted by Crippen LogP contribution is -2.25. The maximum absolute atomic E-state index is 11.4. The highest BCUT2D eigenvalue weighted by atomic mass is 35.5. The highest BCUT2D eigenvalue weighted by molar-refractivity contribution is 6.29. The van der Waals surface area contributed by atoms with Gasteiger partial charge in [0.15, 0.2) is 5.69 Å². The quantitative estimate of drug-likeness (QED) is 0.769. The van der Waals surface area contributed by atoms with Crippen LogP contribution in [0.2, 0.25) is 0 Å². The Kier molecular flexibility index (Phi) is 3.14. The summed E-state index contributed by atoms with van der Waals surface area (Å²) < 4.78 is 1.47. The summed E-state index contributed by atoms with van der Waals surface area (Å²) in [6.45, 7) is 3.65. The van der Waals surface area contributed by atoms with Crippen LogP contribution >= 0.6 is 11.6 Å². The van der Waals surface area contributed by atoms with Gasteiger partial charge in [0.2, 0.25) is 0 Å². The zero-order chi connectivity index (χ0) is 10.7. The summed E-state index contributed by atoms with van der Waals surface area (Å²) >= 11 is 5.49. The number of carbonyl (C=O) groups excluding carboxylic acids is 1. The lowest BCUT2D eigenvalue weighted by atomic mass is 10.3. The summed E-state index contributed by atoms with van der Waals surface area (Å²) in [5.41, 5.74) is 6.09. The lowest BCUT2D eigenvalue weighted by molar-refractivity contribution is 0.0953. The predicted octanol–water partition coefficient (Wildman–Crippen LogP) is 0.485. The van der Waals surface area contributed by atoms with Crippen LogP contribution in [0.15, 0.2) is 17.8 Å². The predicted molar refractivity (Wildman–Crippen MR) is 54.9 cm³/mol. The molecule has 0 unspecified atom stereocenters. The number of anilines is 1. The number of aromatic nitrogens is 2. The SMILES string of the molecule is C=C(Cl)CNC(=O)c1nn(C)cc1N. The van der Waals surface area contributed by atoms with Gasteiger partial charge in [-0.05, 0) is 0 Å². The number of nitrogen functional groups attached to an aromatic ring is 1. The molecule has 76 valence electrons. The molecule has 0 aromatic carbocycles. The van der Waals surface area contributed by atoms with Crippen molar-refractivity contribution in [3.8, 4) is 0 Å². The van der Waals surface area contributed by atoms with Crippen molar-refractivity contribution in [2.45, 2.75) is 0 Å². The smallest absolute Gasteiger partial charge is 0.274 e. The number of halogens is 1. The lowest BCUT2D eigenvalue weighted by Gasteiger charge is -2.00. The van der Waals surface area contributed by atoms with Crippen LogP contribution in [-0.4, -0.2) is 22.2 Å². The van der Waals surface area contributed by atoms with Crippen LogP contribution in [0.1, 0.15) is 10.5 Å². The highest BCUT2D eigenvalue weighted by Crippen LogP contribution is 2.07. The van der Waals surface area contributed by atoms with Crippen molar-refractivity contribution in [1.29, 1.82) is 0 Å². The third-order valence-electron chi connectivity index (χ3n) is 1.51. The molecule has 0 aliphatic heterocycles. The summed E-state index contributed by atoms with van der Waals surface area (Å²) in [6.07, 6.45) is 1.56. The molecular formula is C8H11ClN4O. The van der Waals surface area contributed by atoms with Gasteiger partial charge in [-0.25, -0.2) is 0 Å². The molecule has 0 bridgehead atoms. The molecule has 0 aliphatic carbocycles. The van der Waals surface area contributed by atoms with Crippen LogP contribution in [0, 0.1) is 0 Å². The van der Waals surface area contributed by atoms with Crippen LogP contribution in [0.4, 0.5) is 5.69 Å². The van der Waals surface area contributed by atoms with E-state index in [4.69, 9.17) is 17.3 Å². The first-order valence-corrected chi connectivity index (χ1v) is 4.29. The van der Waals surface area contributed by atoms with Gasteiger partial charge < -0.3 is 11.1 Å². The number of carbonyl (C=O) groups is 1. The van der Waals surface area contributed by atoms with E-state index >= 15 is 0 Å². The maximum Gasteiger partial charge on any atom is 0.274 e. The van der Waals surface area contributed by atoms with Crippen molar-refractivity contribution in [2.24, 2.45) is 7.05 Å². The fraction of sp³-hybridized carbons (Fsp3) is 0.250. The minimum absolute atomic E-state index is 0.199. The number of aryl methyl sites for hydroxylation is 1. The van der Waals surface area contributed by atoms with Crippen molar-refractivity contribution in [1.82, 2.24) is 15.1 Å². The van der Waals surface area contributed by atoms with Crippen molar-refractivity contribution >= 4 is 23.2 Å². The van der Waals surface area contributed by atoms with Crippen molar-refractivity contribution in [3.63, 3.8) is 0 Å². The van der Waals surface area contributed by atoms with E-state index < -0.39 is 0 Å². The molecule has 1 amide bonds. The van der Waals surface area contributed by atoms with Gasteiger partial charge in [0, 0.05) is 18.3 Å².